The molecule has 7 heteroatoms. The van der Waals surface area contributed by atoms with Crippen molar-refractivity contribution in [1.82, 2.24) is 24.7 Å². The molecule has 4 rings (SSSR count). The minimum Gasteiger partial charge on any atom is -0.365 e. The van der Waals surface area contributed by atoms with Crippen LogP contribution < -0.4 is 5.32 Å². The van der Waals surface area contributed by atoms with Crippen LogP contribution >= 0.6 is 11.3 Å². The Morgan fingerprint density at radius 3 is 2.76 bits per heavy atom. The number of anilines is 1. The maximum atomic E-state index is 4.49. The standard InChI is InChI=1S/C18H18N6S/c1-12-3-5-14(6-4-12)15-8-25-18-16(15)17(20-10-21-18)23-13(2)7-24-11-19-9-22-24/h3-6,8-11,13H,7H2,1-2H3,(H,20,21,23). The van der Waals surface area contributed by atoms with Gasteiger partial charge in [-0.15, -0.1) is 11.3 Å². The third-order valence-corrected chi connectivity index (χ3v) is 4.93. The summed E-state index contributed by atoms with van der Waals surface area (Å²) in [5, 5.41) is 10.9. The topological polar surface area (TPSA) is 68.5 Å². The molecule has 3 heterocycles. The molecule has 0 radical (unpaired) electrons. The zero-order valence-electron chi connectivity index (χ0n) is 14.0. The van der Waals surface area contributed by atoms with Gasteiger partial charge >= 0.3 is 0 Å². The van der Waals surface area contributed by atoms with Crippen LogP contribution in [-0.2, 0) is 6.54 Å². The average molecular weight is 350 g/mol. The number of hydrogen-bond acceptors (Lipinski definition) is 6. The molecule has 0 aliphatic rings. The highest BCUT2D eigenvalue weighted by Gasteiger charge is 2.15. The van der Waals surface area contributed by atoms with Gasteiger partial charge in [0.15, 0.2) is 0 Å². The van der Waals surface area contributed by atoms with Crippen molar-refractivity contribution in [1.29, 1.82) is 0 Å². The van der Waals surface area contributed by atoms with Gasteiger partial charge in [0.05, 0.1) is 11.9 Å². The van der Waals surface area contributed by atoms with Crippen molar-refractivity contribution in [2.24, 2.45) is 0 Å². The van der Waals surface area contributed by atoms with Gasteiger partial charge < -0.3 is 5.32 Å². The van der Waals surface area contributed by atoms with Crippen LogP contribution in [-0.4, -0.2) is 30.8 Å². The molecule has 0 spiro atoms. The molecule has 0 amide bonds. The van der Waals surface area contributed by atoms with Crippen LogP contribution in [0.1, 0.15) is 12.5 Å². The molecule has 25 heavy (non-hydrogen) atoms. The Bertz CT molecular complexity index is 975. The Morgan fingerprint density at radius 2 is 2.00 bits per heavy atom. The van der Waals surface area contributed by atoms with Gasteiger partial charge in [0.1, 0.15) is 29.6 Å². The molecule has 4 aromatic rings. The number of rotatable bonds is 5. The second-order valence-electron chi connectivity index (χ2n) is 6.08. The summed E-state index contributed by atoms with van der Waals surface area (Å²) in [6.07, 6.45) is 4.88. The van der Waals surface area contributed by atoms with Crippen molar-refractivity contribution in [2.45, 2.75) is 26.4 Å². The Labute approximate surface area is 149 Å². The second kappa shape index (κ2) is 6.60. The summed E-state index contributed by atoms with van der Waals surface area (Å²) in [5.74, 6) is 0.856. The summed E-state index contributed by atoms with van der Waals surface area (Å²) in [6.45, 7) is 4.92. The zero-order chi connectivity index (χ0) is 17.2. The predicted molar refractivity (Wildman–Crippen MR) is 101 cm³/mol. The van der Waals surface area contributed by atoms with Gasteiger partial charge in [-0.2, -0.15) is 5.10 Å². The molecule has 0 aliphatic carbocycles. The van der Waals surface area contributed by atoms with Crippen molar-refractivity contribution < 1.29 is 0 Å². The second-order valence-corrected chi connectivity index (χ2v) is 6.94. The van der Waals surface area contributed by atoms with Crippen LogP contribution in [0.25, 0.3) is 21.3 Å². The number of hydrogen-bond donors (Lipinski definition) is 1. The molecule has 3 aromatic heterocycles. The van der Waals surface area contributed by atoms with E-state index in [1.807, 2.05) is 4.68 Å². The van der Waals surface area contributed by atoms with Crippen molar-refractivity contribution in [2.75, 3.05) is 5.32 Å². The third kappa shape index (κ3) is 3.23. The number of nitrogens with one attached hydrogen (secondary N) is 1. The summed E-state index contributed by atoms with van der Waals surface area (Å²) < 4.78 is 1.81. The predicted octanol–water partition coefficient (Wildman–Crippen LogP) is 3.76. The summed E-state index contributed by atoms with van der Waals surface area (Å²) >= 11 is 1.64. The molecular weight excluding hydrogens is 332 g/mol. The minimum atomic E-state index is 0.158. The van der Waals surface area contributed by atoms with Crippen molar-refractivity contribution in [3.8, 4) is 11.1 Å². The number of benzene rings is 1. The Kier molecular flexibility index (Phi) is 4.15. The largest absolute Gasteiger partial charge is 0.365 e. The normalized spacial score (nSPS) is 12.4. The van der Waals surface area contributed by atoms with E-state index >= 15 is 0 Å². The molecule has 0 saturated heterocycles. The Hall–Kier alpha value is -2.80. The summed E-state index contributed by atoms with van der Waals surface area (Å²) in [5.41, 5.74) is 3.59. The van der Waals surface area contributed by atoms with E-state index in [-0.39, 0.29) is 6.04 Å². The van der Waals surface area contributed by atoms with Crippen LogP contribution in [0.15, 0.2) is 48.6 Å². The summed E-state index contributed by atoms with van der Waals surface area (Å²) in [6, 6.07) is 8.70. The molecule has 0 bridgehead atoms. The smallest absolute Gasteiger partial charge is 0.139 e. The number of aryl methyl sites for hydroxylation is 1. The monoisotopic (exact) mass is 350 g/mol. The van der Waals surface area contributed by atoms with E-state index in [1.54, 1.807) is 30.3 Å². The van der Waals surface area contributed by atoms with E-state index in [0.717, 1.165) is 28.1 Å². The van der Waals surface area contributed by atoms with Crippen LogP contribution in [0.3, 0.4) is 0 Å². The number of thiophene rings is 1. The molecule has 1 atom stereocenters. The van der Waals surface area contributed by atoms with Crippen LogP contribution in [0, 0.1) is 6.92 Å². The lowest BCUT2D eigenvalue weighted by Gasteiger charge is -2.15. The molecule has 1 N–H and O–H groups in total. The van der Waals surface area contributed by atoms with E-state index in [0.29, 0.717) is 0 Å². The number of fused-ring (bicyclic) bond motifs is 1. The Balaban J connectivity index is 1.69. The fourth-order valence-corrected chi connectivity index (χ4v) is 3.73. The van der Waals surface area contributed by atoms with Crippen molar-refractivity contribution in [3.05, 3.63) is 54.2 Å². The minimum absolute atomic E-state index is 0.158. The highest BCUT2D eigenvalue weighted by atomic mass is 32.1. The first-order valence-corrected chi connectivity index (χ1v) is 8.97. The van der Waals surface area contributed by atoms with Crippen LogP contribution in [0.2, 0.25) is 0 Å². The van der Waals surface area contributed by atoms with Gasteiger partial charge in [-0.1, -0.05) is 29.8 Å². The molecule has 6 nitrogen and oxygen atoms in total. The van der Waals surface area contributed by atoms with Gasteiger partial charge in [-0.05, 0) is 19.4 Å². The van der Waals surface area contributed by atoms with Gasteiger partial charge in [0.2, 0.25) is 0 Å². The molecule has 0 saturated carbocycles. The molecule has 1 unspecified atom stereocenters. The van der Waals surface area contributed by atoms with E-state index in [2.05, 4.69) is 68.9 Å². The van der Waals surface area contributed by atoms with E-state index in [9.17, 15) is 0 Å². The maximum Gasteiger partial charge on any atom is 0.139 e. The van der Waals surface area contributed by atoms with Crippen molar-refractivity contribution >= 4 is 27.4 Å². The van der Waals surface area contributed by atoms with Gasteiger partial charge in [-0.25, -0.2) is 15.0 Å². The fraction of sp³-hybridized carbons (Fsp3) is 0.222. The fourth-order valence-electron chi connectivity index (χ4n) is 2.82. The molecule has 0 fully saturated rings. The van der Waals surface area contributed by atoms with E-state index in [4.69, 9.17) is 0 Å². The quantitative estimate of drug-likeness (QED) is 0.593. The molecule has 126 valence electrons. The molecular formula is C18H18N6S. The molecule has 0 aliphatic heterocycles. The highest BCUT2D eigenvalue weighted by Crippen LogP contribution is 2.36. The van der Waals surface area contributed by atoms with E-state index < -0.39 is 0 Å². The lowest BCUT2D eigenvalue weighted by Crippen LogP contribution is -2.23. The zero-order valence-corrected chi connectivity index (χ0v) is 14.9. The summed E-state index contributed by atoms with van der Waals surface area (Å²) in [7, 11) is 0. The maximum absolute atomic E-state index is 4.49. The van der Waals surface area contributed by atoms with Gasteiger partial charge in [0, 0.05) is 17.0 Å². The van der Waals surface area contributed by atoms with Gasteiger partial charge in [-0.3, -0.25) is 4.68 Å². The first-order chi connectivity index (χ1) is 12.2. The number of aromatic nitrogens is 5. The van der Waals surface area contributed by atoms with Crippen LogP contribution in [0.5, 0.6) is 0 Å². The van der Waals surface area contributed by atoms with E-state index in [1.165, 1.54) is 11.1 Å². The third-order valence-electron chi connectivity index (χ3n) is 4.04. The Morgan fingerprint density at radius 1 is 1.16 bits per heavy atom. The lowest BCUT2D eigenvalue weighted by molar-refractivity contribution is 0.558. The lowest BCUT2D eigenvalue weighted by atomic mass is 10.0. The first-order valence-electron chi connectivity index (χ1n) is 8.09. The number of nitrogens with zero attached hydrogens (tertiary/aromatic N) is 5. The van der Waals surface area contributed by atoms with Crippen LogP contribution in [0.4, 0.5) is 5.82 Å². The first kappa shape index (κ1) is 15.7. The molecule has 1 aromatic carbocycles. The SMILES string of the molecule is Cc1ccc(-c2csc3ncnc(NC(C)Cn4cncn4)c23)cc1. The van der Waals surface area contributed by atoms with Gasteiger partial charge in [0.25, 0.3) is 0 Å². The summed E-state index contributed by atoms with van der Waals surface area (Å²) in [4.78, 5) is 13.9. The average Bonchev–Trinajstić information content (AvgIpc) is 3.25. The van der Waals surface area contributed by atoms with Crippen molar-refractivity contribution in [3.63, 3.8) is 0 Å². The highest BCUT2D eigenvalue weighted by molar-refractivity contribution is 7.17.